The van der Waals surface area contributed by atoms with Gasteiger partial charge >= 0.3 is 6.09 Å². The average molecular weight is 259 g/mol. The third-order valence-electron chi connectivity index (χ3n) is 3.19. The van der Waals surface area contributed by atoms with Crippen molar-refractivity contribution in [3.63, 3.8) is 0 Å². The number of alkyl carbamates (subject to hydrolysis) is 1. The Labute approximate surface area is 109 Å². The molecule has 1 amide bonds. The van der Waals surface area contributed by atoms with E-state index in [0.717, 1.165) is 19.3 Å². The van der Waals surface area contributed by atoms with Crippen molar-refractivity contribution in [2.45, 2.75) is 64.2 Å². The molecule has 0 radical (unpaired) electrons. The summed E-state index contributed by atoms with van der Waals surface area (Å²) in [6.45, 7) is 5.40. The van der Waals surface area contributed by atoms with Gasteiger partial charge in [-0.15, -0.1) is 0 Å². The fourth-order valence-corrected chi connectivity index (χ4v) is 2.43. The Morgan fingerprint density at radius 1 is 1.44 bits per heavy atom. The Balaban J connectivity index is 2.54. The molecular weight excluding hydrogens is 234 g/mol. The van der Waals surface area contributed by atoms with Gasteiger partial charge < -0.3 is 20.3 Å². The second-order valence-corrected chi connectivity index (χ2v) is 5.93. The first-order chi connectivity index (χ1) is 8.33. The lowest BCUT2D eigenvalue weighted by atomic mass is 9.94. The third kappa shape index (κ3) is 4.82. The topological polar surface area (TPSA) is 78.8 Å². The summed E-state index contributed by atoms with van der Waals surface area (Å²) in [5.74, 6) is 0.0182. The number of carbonyl (C=O) groups is 1. The van der Waals surface area contributed by atoms with Gasteiger partial charge in [0, 0.05) is 18.6 Å². The maximum absolute atomic E-state index is 11.7. The largest absolute Gasteiger partial charge is 0.444 e. The van der Waals surface area contributed by atoms with Crippen LogP contribution in [-0.2, 0) is 4.74 Å². The fourth-order valence-electron chi connectivity index (χ4n) is 2.43. The van der Waals surface area contributed by atoms with Crippen molar-refractivity contribution in [2.75, 3.05) is 6.61 Å². The molecule has 0 aromatic heterocycles. The van der Waals surface area contributed by atoms with E-state index in [9.17, 15) is 9.90 Å². The van der Waals surface area contributed by atoms with E-state index in [4.69, 9.17) is 9.84 Å². The molecule has 1 aliphatic rings. The number of aliphatic hydroxyl groups is 2. The van der Waals surface area contributed by atoms with E-state index in [0.29, 0.717) is 6.42 Å². The standard InChI is InChI=1S/C13H25NO4/c1-13(2,3)18-12(17)14-10(7-8-15)9-5-4-6-11(9)16/h9-11,15-16H,4-8H2,1-3H3,(H,14,17)/t9-,10+,11-/m1/s1. The Morgan fingerprint density at radius 2 is 2.11 bits per heavy atom. The summed E-state index contributed by atoms with van der Waals surface area (Å²) in [5.41, 5.74) is -0.540. The van der Waals surface area contributed by atoms with E-state index >= 15 is 0 Å². The number of amides is 1. The van der Waals surface area contributed by atoms with E-state index < -0.39 is 17.8 Å². The molecule has 0 aliphatic heterocycles. The van der Waals surface area contributed by atoms with E-state index in [1.807, 2.05) is 0 Å². The van der Waals surface area contributed by atoms with Gasteiger partial charge in [0.25, 0.3) is 0 Å². The van der Waals surface area contributed by atoms with Gasteiger partial charge in [-0.1, -0.05) is 6.42 Å². The van der Waals surface area contributed by atoms with Crippen LogP contribution in [0.3, 0.4) is 0 Å². The molecular formula is C13H25NO4. The summed E-state index contributed by atoms with van der Waals surface area (Å²) < 4.78 is 5.20. The summed E-state index contributed by atoms with van der Waals surface area (Å²) in [4.78, 5) is 11.7. The Kier molecular flexibility index (Phi) is 5.41. The summed E-state index contributed by atoms with van der Waals surface area (Å²) in [6, 6.07) is -0.220. The zero-order chi connectivity index (χ0) is 13.8. The Hall–Kier alpha value is -0.810. The minimum absolute atomic E-state index is 0.0102. The van der Waals surface area contributed by atoms with Gasteiger partial charge in [-0.05, 0) is 40.0 Å². The predicted octanol–water partition coefficient (Wildman–Crippen LogP) is 1.42. The molecule has 0 unspecified atom stereocenters. The van der Waals surface area contributed by atoms with Crippen LogP contribution in [0.2, 0.25) is 0 Å². The molecule has 18 heavy (non-hydrogen) atoms. The molecule has 3 atom stereocenters. The Morgan fingerprint density at radius 3 is 2.56 bits per heavy atom. The van der Waals surface area contributed by atoms with Crippen molar-refractivity contribution in [3.05, 3.63) is 0 Å². The van der Waals surface area contributed by atoms with E-state index in [1.54, 1.807) is 20.8 Å². The highest BCUT2D eigenvalue weighted by molar-refractivity contribution is 5.68. The molecule has 0 spiro atoms. The molecule has 3 N–H and O–H groups in total. The van der Waals surface area contributed by atoms with E-state index in [-0.39, 0.29) is 18.6 Å². The zero-order valence-electron chi connectivity index (χ0n) is 11.5. The highest BCUT2D eigenvalue weighted by atomic mass is 16.6. The van der Waals surface area contributed by atoms with Crippen molar-refractivity contribution in [1.82, 2.24) is 5.32 Å². The first-order valence-electron chi connectivity index (χ1n) is 6.62. The van der Waals surface area contributed by atoms with Crippen LogP contribution < -0.4 is 5.32 Å². The van der Waals surface area contributed by atoms with Crippen LogP contribution in [0, 0.1) is 5.92 Å². The van der Waals surface area contributed by atoms with E-state index in [2.05, 4.69) is 5.32 Å². The lowest BCUT2D eigenvalue weighted by Gasteiger charge is -2.28. The lowest BCUT2D eigenvalue weighted by Crippen LogP contribution is -2.45. The highest BCUT2D eigenvalue weighted by Gasteiger charge is 2.33. The van der Waals surface area contributed by atoms with Crippen LogP contribution in [0.25, 0.3) is 0 Å². The minimum atomic E-state index is -0.540. The van der Waals surface area contributed by atoms with Crippen LogP contribution in [0.1, 0.15) is 46.5 Å². The van der Waals surface area contributed by atoms with Gasteiger partial charge in [-0.2, -0.15) is 0 Å². The van der Waals surface area contributed by atoms with Crippen molar-refractivity contribution >= 4 is 6.09 Å². The molecule has 106 valence electrons. The van der Waals surface area contributed by atoms with Crippen LogP contribution in [-0.4, -0.2) is 40.7 Å². The molecule has 1 fully saturated rings. The molecule has 0 aromatic rings. The van der Waals surface area contributed by atoms with Gasteiger partial charge in [0.05, 0.1) is 6.10 Å². The van der Waals surface area contributed by atoms with Crippen molar-refractivity contribution in [1.29, 1.82) is 0 Å². The first kappa shape index (κ1) is 15.2. The van der Waals surface area contributed by atoms with Crippen molar-refractivity contribution in [3.8, 4) is 0 Å². The van der Waals surface area contributed by atoms with Crippen molar-refractivity contribution in [2.24, 2.45) is 5.92 Å². The number of rotatable bonds is 4. The average Bonchev–Trinajstić information content (AvgIpc) is 2.60. The number of hydrogen-bond acceptors (Lipinski definition) is 4. The molecule has 1 saturated carbocycles. The quantitative estimate of drug-likeness (QED) is 0.713. The fraction of sp³-hybridized carbons (Fsp3) is 0.923. The summed E-state index contributed by atoms with van der Waals surface area (Å²) >= 11 is 0. The smallest absolute Gasteiger partial charge is 0.407 e. The highest BCUT2D eigenvalue weighted by Crippen LogP contribution is 2.29. The number of aliphatic hydroxyl groups excluding tert-OH is 2. The molecule has 1 aliphatic carbocycles. The minimum Gasteiger partial charge on any atom is -0.444 e. The van der Waals surface area contributed by atoms with Crippen LogP contribution in [0.15, 0.2) is 0 Å². The molecule has 1 rings (SSSR count). The van der Waals surface area contributed by atoms with Crippen molar-refractivity contribution < 1.29 is 19.7 Å². The monoisotopic (exact) mass is 259 g/mol. The normalized spacial score (nSPS) is 25.8. The Bertz CT molecular complexity index is 275. The molecule has 5 heteroatoms. The molecule has 0 bridgehead atoms. The summed E-state index contributed by atoms with van der Waals surface area (Å²) in [7, 11) is 0. The second-order valence-electron chi connectivity index (χ2n) is 5.93. The van der Waals surface area contributed by atoms with E-state index in [1.165, 1.54) is 0 Å². The maximum Gasteiger partial charge on any atom is 0.407 e. The lowest BCUT2D eigenvalue weighted by molar-refractivity contribution is 0.0420. The zero-order valence-corrected chi connectivity index (χ0v) is 11.5. The van der Waals surface area contributed by atoms with Gasteiger partial charge in [-0.25, -0.2) is 4.79 Å². The first-order valence-corrected chi connectivity index (χ1v) is 6.62. The second kappa shape index (κ2) is 6.38. The summed E-state index contributed by atoms with van der Waals surface area (Å²) in [6.07, 6.45) is 2.17. The third-order valence-corrected chi connectivity index (χ3v) is 3.19. The van der Waals surface area contributed by atoms with Gasteiger partial charge in [0.1, 0.15) is 5.60 Å². The molecule has 0 aromatic carbocycles. The van der Waals surface area contributed by atoms with Crippen LogP contribution in [0.5, 0.6) is 0 Å². The number of carbonyl (C=O) groups excluding carboxylic acids is 1. The van der Waals surface area contributed by atoms with Gasteiger partial charge in [0.15, 0.2) is 0 Å². The number of hydrogen-bond donors (Lipinski definition) is 3. The predicted molar refractivity (Wildman–Crippen MR) is 68.2 cm³/mol. The molecule has 5 nitrogen and oxygen atoms in total. The molecule has 0 heterocycles. The molecule has 0 saturated heterocycles. The van der Waals surface area contributed by atoms with Crippen LogP contribution in [0.4, 0.5) is 4.79 Å². The van der Waals surface area contributed by atoms with Gasteiger partial charge in [-0.3, -0.25) is 0 Å². The maximum atomic E-state index is 11.7. The number of ether oxygens (including phenoxy) is 1. The summed E-state index contributed by atoms with van der Waals surface area (Å²) in [5, 5.41) is 21.7. The van der Waals surface area contributed by atoms with Crippen LogP contribution >= 0.6 is 0 Å². The van der Waals surface area contributed by atoms with Gasteiger partial charge in [0.2, 0.25) is 0 Å². The number of nitrogens with one attached hydrogen (secondary N) is 1. The SMILES string of the molecule is CC(C)(C)OC(=O)N[C@@H](CCO)[C@H]1CCC[C@H]1O.